The van der Waals surface area contributed by atoms with Gasteiger partial charge in [-0.25, -0.2) is 4.79 Å². The number of hydrogen-bond acceptors (Lipinski definition) is 2. The third kappa shape index (κ3) is 1.94. The van der Waals surface area contributed by atoms with Gasteiger partial charge >= 0.3 is 5.97 Å². The Balaban J connectivity index is 2.34. The van der Waals surface area contributed by atoms with Crippen molar-refractivity contribution in [3.05, 3.63) is 23.3 Å². The van der Waals surface area contributed by atoms with Crippen LogP contribution in [-0.4, -0.2) is 11.6 Å². The van der Waals surface area contributed by atoms with Crippen molar-refractivity contribution < 1.29 is 9.53 Å². The van der Waals surface area contributed by atoms with Crippen molar-refractivity contribution in [2.45, 2.75) is 52.6 Å². The highest BCUT2D eigenvalue weighted by Gasteiger charge is 2.51. The first-order valence-electron chi connectivity index (χ1n) is 6.40. The summed E-state index contributed by atoms with van der Waals surface area (Å²) >= 11 is 0. The zero-order valence-corrected chi connectivity index (χ0v) is 11.3. The minimum absolute atomic E-state index is 0.105. The summed E-state index contributed by atoms with van der Waals surface area (Å²) in [6, 6.07) is 0. The highest BCUT2D eigenvalue weighted by molar-refractivity contribution is 5.90. The molecule has 1 heterocycles. The Morgan fingerprint density at radius 1 is 1.41 bits per heavy atom. The first-order chi connectivity index (χ1) is 7.85. The van der Waals surface area contributed by atoms with E-state index in [0.29, 0.717) is 11.8 Å². The van der Waals surface area contributed by atoms with Crippen LogP contribution in [0.15, 0.2) is 23.3 Å². The average Bonchev–Trinajstić information content (AvgIpc) is 2.52. The number of esters is 1. The summed E-state index contributed by atoms with van der Waals surface area (Å²) in [5.74, 6) is 0.816. The molecule has 0 aromatic carbocycles. The van der Waals surface area contributed by atoms with Crippen molar-refractivity contribution in [1.29, 1.82) is 0 Å². The molecule has 2 fully saturated rings. The van der Waals surface area contributed by atoms with Crippen molar-refractivity contribution in [3.8, 4) is 0 Å². The van der Waals surface area contributed by atoms with Gasteiger partial charge in [-0.15, -0.1) is 0 Å². The molecule has 0 radical (unpaired) electrons. The minimum atomic E-state index is -0.264. The fourth-order valence-corrected chi connectivity index (χ4v) is 3.31. The third-order valence-electron chi connectivity index (χ3n) is 4.45. The van der Waals surface area contributed by atoms with Gasteiger partial charge in [0.05, 0.1) is 0 Å². The van der Waals surface area contributed by atoms with Gasteiger partial charge in [-0.05, 0) is 52.9 Å². The highest BCUT2D eigenvalue weighted by Crippen LogP contribution is 2.51. The number of fused-ring (bicyclic) bond motifs is 1. The number of ether oxygens (including phenoxy) is 1. The predicted octanol–water partition coefficient (Wildman–Crippen LogP) is 3.63. The Bertz CT molecular complexity index is 401. The number of allylic oxidation sites excluding steroid dienone is 2. The number of rotatable bonds is 1. The zero-order chi connectivity index (χ0) is 12.8. The van der Waals surface area contributed by atoms with E-state index in [9.17, 15) is 4.79 Å². The van der Waals surface area contributed by atoms with Crippen molar-refractivity contribution in [3.63, 3.8) is 0 Å². The molecule has 2 rings (SSSR count). The van der Waals surface area contributed by atoms with Crippen molar-refractivity contribution >= 4 is 5.97 Å². The molecule has 0 spiro atoms. The normalized spacial score (nSPS) is 36.5. The fourth-order valence-electron chi connectivity index (χ4n) is 3.31. The predicted molar refractivity (Wildman–Crippen MR) is 68.5 cm³/mol. The zero-order valence-electron chi connectivity index (χ0n) is 11.3. The van der Waals surface area contributed by atoms with Crippen molar-refractivity contribution in [2.24, 2.45) is 11.8 Å². The second-order valence-electron chi connectivity index (χ2n) is 5.98. The van der Waals surface area contributed by atoms with E-state index in [0.717, 1.165) is 30.4 Å². The molecule has 0 aromatic rings. The van der Waals surface area contributed by atoms with Crippen LogP contribution in [0.2, 0.25) is 0 Å². The lowest BCUT2D eigenvalue weighted by Crippen LogP contribution is -2.43. The van der Waals surface area contributed by atoms with Crippen LogP contribution in [0.1, 0.15) is 47.0 Å². The van der Waals surface area contributed by atoms with Crippen LogP contribution < -0.4 is 0 Å². The molecule has 17 heavy (non-hydrogen) atoms. The van der Waals surface area contributed by atoms with E-state index in [-0.39, 0.29) is 11.6 Å². The minimum Gasteiger partial charge on any atom is -0.456 e. The van der Waals surface area contributed by atoms with Gasteiger partial charge in [-0.2, -0.15) is 0 Å². The Labute approximate surface area is 104 Å². The lowest BCUT2D eigenvalue weighted by Gasteiger charge is -2.39. The summed E-state index contributed by atoms with van der Waals surface area (Å²) < 4.78 is 5.71. The van der Waals surface area contributed by atoms with E-state index in [1.165, 1.54) is 5.57 Å². The van der Waals surface area contributed by atoms with Crippen LogP contribution >= 0.6 is 0 Å². The summed E-state index contributed by atoms with van der Waals surface area (Å²) in [6.07, 6.45) is 2.92. The molecular weight excluding hydrogens is 212 g/mol. The van der Waals surface area contributed by atoms with Crippen LogP contribution in [0.3, 0.4) is 0 Å². The highest BCUT2D eigenvalue weighted by atomic mass is 16.6. The van der Waals surface area contributed by atoms with Gasteiger partial charge in [0.15, 0.2) is 0 Å². The maximum Gasteiger partial charge on any atom is 0.334 e. The van der Waals surface area contributed by atoms with Gasteiger partial charge in [0, 0.05) is 11.5 Å². The van der Waals surface area contributed by atoms with Gasteiger partial charge in [0.1, 0.15) is 5.60 Å². The Morgan fingerprint density at radius 3 is 2.59 bits per heavy atom. The van der Waals surface area contributed by atoms with Gasteiger partial charge < -0.3 is 4.74 Å². The first kappa shape index (κ1) is 12.4. The quantitative estimate of drug-likeness (QED) is 0.393. The van der Waals surface area contributed by atoms with E-state index >= 15 is 0 Å². The fraction of sp³-hybridized carbons (Fsp3) is 0.667. The van der Waals surface area contributed by atoms with Gasteiger partial charge in [0.2, 0.25) is 0 Å². The summed E-state index contributed by atoms with van der Waals surface area (Å²) in [6.45, 7) is 12.2. The molecule has 0 unspecified atom stereocenters. The lowest BCUT2D eigenvalue weighted by atomic mass is 9.77. The monoisotopic (exact) mass is 234 g/mol. The van der Waals surface area contributed by atoms with Crippen LogP contribution in [0.5, 0.6) is 0 Å². The van der Waals surface area contributed by atoms with Gasteiger partial charge in [-0.1, -0.05) is 17.7 Å². The Morgan fingerprint density at radius 2 is 2.06 bits per heavy atom. The third-order valence-corrected chi connectivity index (χ3v) is 4.45. The molecule has 2 nitrogen and oxygen atoms in total. The molecule has 0 amide bonds. The molecule has 0 N–H and O–H groups in total. The topological polar surface area (TPSA) is 26.3 Å². The van der Waals surface area contributed by atoms with Gasteiger partial charge in [-0.3, -0.25) is 0 Å². The Hall–Kier alpha value is -1.05. The van der Waals surface area contributed by atoms with E-state index in [2.05, 4.69) is 20.4 Å². The van der Waals surface area contributed by atoms with E-state index in [1.54, 1.807) is 0 Å². The molecular formula is C15H22O2. The van der Waals surface area contributed by atoms with Crippen LogP contribution in [0.4, 0.5) is 0 Å². The molecule has 1 aliphatic carbocycles. The SMILES string of the molecule is C=C(C)[C@H]1CC[C@]2(C)OC(=O)C(=C(C)C)C[C@@H]12. The van der Waals surface area contributed by atoms with E-state index in [1.807, 2.05) is 13.8 Å². The summed E-state index contributed by atoms with van der Waals surface area (Å²) in [7, 11) is 0. The summed E-state index contributed by atoms with van der Waals surface area (Å²) in [5.41, 5.74) is 2.93. The lowest BCUT2D eigenvalue weighted by molar-refractivity contribution is -0.163. The molecule has 1 saturated carbocycles. The number of hydrogen-bond donors (Lipinski definition) is 0. The molecule has 1 aliphatic heterocycles. The average molecular weight is 234 g/mol. The van der Waals surface area contributed by atoms with E-state index in [4.69, 9.17) is 4.74 Å². The van der Waals surface area contributed by atoms with Crippen molar-refractivity contribution in [1.82, 2.24) is 0 Å². The second-order valence-corrected chi connectivity index (χ2v) is 5.98. The van der Waals surface area contributed by atoms with Crippen LogP contribution in [0, 0.1) is 11.8 Å². The number of carbonyl (C=O) groups is 1. The molecule has 3 atom stereocenters. The smallest absolute Gasteiger partial charge is 0.334 e. The second kappa shape index (κ2) is 4.01. The Kier molecular flexibility index (Phi) is 2.92. The maximum absolute atomic E-state index is 12.0. The molecule has 0 bridgehead atoms. The molecule has 94 valence electrons. The summed E-state index contributed by atoms with van der Waals surface area (Å²) in [5, 5.41) is 0. The largest absolute Gasteiger partial charge is 0.456 e. The summed E-state index contributed by atoms with van der Waals surface area (Å²) in [4.78, 5) is 12.0. The molecule has 2 aliphatic rings. The van der Waals surface area contributed by atoms with E-state index < -0.39 is 0 Å². The maximum atomic E-state index is 12.0. The molecule has 1 saturated heterocycles. The van der Waals surface area contributed by atoms with Crippen molar-refractivity contribution in [2.75, 3.05) is 0 Å². The first-order valence-corrected chi connectivity index (χ1v) is 6.40. The molecule has 2 heteroatoms. The standard InChI is InChI=1S/C15H22O2/c1-9(2)11-6-7-15(5)13(11)8-12(10(3)4)14(16)17-15/h11,13H,1,6-8H2,2-5H3/t11-,13+,15+/m1/s1. The molecule has 0 aromatic heterocycles. The van der Waals surface area contributed by atoms with Crippen LogP contribution in [0.25, 0.3) is 0 Å². The van der Waals surface area contributed by atoms with Crippen LogP contribution in [-0.2, 0) is 9.53 Å². The van der Waals surface area contributed by atoms with Gasteiger partial charge in [0.25, 0.3) is 0 Å². The number of carbonyl (C=O) groups excluding carboxylic acids is 1.